The molecule has 0 radical (unpaired) electrons. The predicted octanol–water partition coefficient (Wildman–Crippen LogP) is 3.95. The van der Waals surface area contributed by atoms with Gasteiger partial charge in [0, 0.05) is 18.6 Å². The molecule has 0 aliphatic rings. The van der Waals surface area contributed by atoms with E-state index in [0.717, 1.165) is 22.9 Å². The molecule has 30 heavy (non-hydrogen) atoms. The van der Waals surface area contributed by atoms with E-state index in [2.05, 4.69) is 9.98 Å². The van der Waals surface area contributed by atoms with Crippen LogP contribution in [0.3, 0.4) is 0 Å². The Balaban J connectivity index is 2.09. The number of alkyl halides is 3. The Morgan fingerprint density at radius 2 is 2.07 bits per heavy atom. The van der Waals surface area contributed by atoms with E-state index in [-0.39, 0.29) is 28.9 Å². The van der Waals surface area contributed by atoms with Gasteiger partial charge in [-0.15, -0.1) is 0 Å². The van der Waals surface area contributed by atoms with Crippen molar-refractivity contribution in [1.82, 2.24) is 9.55 Å². The minimum atomic E-state index is -4.52. The van der Waals surface area contributed by atoms with Crippen molar-refractivity contribution in [3.05, 3.63) is 87.0 Å². The second-order valence-electron chi connectivity index (χ2n) is 6.41. The summed E-state index contributed by atoms with van der Waals surface area (Å²) in [5.41, 5.74) is -0.881. The van der Waals surface area contributed by atoms with Crippen LogP contribution in [0, 0.1) is 18.3 Å². The molecule has 0 saturated carbocycles. The van der Waals surface area contributed by atoms with Gasteiger partial charge in [-0.3, -0.25) is 19.3 Å². The largest absolute Gasteiger partial charge is 0.494 e. The number of halogens is 3. The van der Waals surface area contributed by atoms with Gasteiger partial charge in [0.1, 0.15) is 11.6 Å². The second-order valence-corrected chi connectivity index (χ2v) is 6.41. The molecular formula is C21H15F3N4O2. The van der Waals surface area contributed by atoms with E-state index < -0.39 is 23.2 Å². The fourth-order valence-electron chi connectivity index (χ4n) is 2.85. The molecule has 1 aromatic carbocycles. The fraction of sp³-hybridized carbons (Fsp3) is 0.143. The first kappa shape index (κ1) is 20.8. The van der Waals surface area contributed by atoms with E-state index in [9.17, 15) is 28.3 Å². The molecule has 0 bridgehead atoms. The van der Waals surface area contributed by atoms with Crippen molar-refractivity contribution < 1.29 is 18.3 Å². The van der Waals surface area contributed by atoms with Crippen molar-refractivity contribution in [2.75, 3.05) is 0 Å². The number of nitrogens with zero attached hydrogens (tertiary/aromatic N) is 4. The minimum absolute atomic E-state index is 0.00661. The first-order chi connectivity index (χ1) is 14.2. The van der Waals surface area contributed by atoms with Crippen LogP contribution >= 0.6 is 0 Å². The molecule has 3 rings (SSSR count). The lowest BCUT2D eigenvalue weighted by molar-refractivity contribution is -0.137. The van der Waals surface area contributed by atoms with Gasteiger partial charge in [-0.1, -0.05) is 12.1 Å². The number of nitriles is 1. The average molecular weight is 412 g/mol. The van der Waals surface area contributed by atoms with Crippen molar-refractivity contribution in [3.8, 4) is 11.9 Å². The first-order valence-electron chi connectivity index (χ1n) is 8.69. The standard InChI is InChI=1S/C21H15F3N4O2/c1-13-17(9-25)19(29)28(12-14-4-3-7-26-10-14)20(30)18(13)11-27-16-6-2-5-15(8-16)21(22,23)24/h2-8,10-11,30H,12H2,1H3. The van der Waals surface area contributed by atoms with Crippen LogP contribution in [0.4, 0.5) is 18.9 Å². The third-order valence-corrected chi connectivity index (χ3v) is 4.43. The molecule has 0 aliphatic carbocycles. The monoisotopic (exact) mass is 412 g/mol. The maximum atomic E-state index is 12.9. The third kappa shape index (κ3) is 4.22. The van der Waals surface area contributed by atoms with Crippen LogP contribution in [0.5, 0.6) is 5.88 Å². The second kappa shape index (κ2) is 8.21. The van der Waals surface area contributed by atoms with E-state index in [1.807, 2.05) is 6.07 Å². The highest BCUT2D eigenvalue weighted by atomic mass is 19.4. The summed E-state index contributed by atoms with van der Waals surface area (Å²) >= 11 is 0. The molecule has 0 fully saturated rings. The number of rotatable bonds is 4. The summed E-state index contributed by atoms with van der Waals surface area (Å²) in [6, 6.07) is 9.53. The molecule has 0 saturated heterocycles. The highest BCUT2D eigenvalue weighted by molar-refractivity contribution is 5.87. The number of aromatic nitrogens is 2. The average Bonchev–Trinajstić information content (AvgIpc) is 2.72. The Hall–Kier alpha value is -3.93. The van der Waals surface area contributed by atoms with Gasteiger partial charge in [0.25, 0.3) is 5.56 Å². The van der Waals surface area contributed by atoms with Gasteiger partial charge in [0.15, 0.2) is 0 Å². The van der Waals surface area contributed by atoms with Crippen molar-refractivity contribution >= 4 is 11.9 Å². The van der Waals surface area contributed by atoms with E-state index in [1.54, 1.807) is 18.3 Å². The highest BCUT2D eigenvalue weighted by Gasteiger charge is 2.30. The zero-order chi connectivity index (χ0) is 21.9. The number of aromatic hydroxyl groups is 1. The molecule has 2 heterocycles. The molecule has 0 spiro atoms. The lowest BCUT2D eigenvalue weighted by Gasteiger charge is -2.14. The van der Waals surface area contributed by atoms with Gasteiger partial charge in [-0.25, -0.2) is 0 Å². The van der Waals surface area contributed by atoms with Gasteiger partial charge in [0.2, 0.25) is 5.88 Å². The van der Waals surface area contributed by atoms with Crippen molar-refractivity contribution in [2.24, 2.45) is 4.99 Å². The van der Waals surface area contributed by atoms with Crippen LogP contribution in [0.15, 0.2) is 58.6 Å². The lowest BCUT2D eigenvalue weighted by Crippen LogP contribution is -2.26. The molecule has 0 aliphatic heterocycles. The number of pyridine rings is 2. The normalized spacial score (nSPS) is 11.6. The number of aliphatic imine (C=N–C) groups is 1. The summed E-state index contributed by atoms with van der Waals surface area (Å²) in [4.78, 5) is 20.6. The molecular weight excluding hydrogens is 397 g/mol. The fourth-order valence-corrected chi connectivity index (χ4v) is 2.85. The van der Waals surface area contributed by atoms with Gasteiger partial charge >= 0.3 is 6.18 Å². The predicted molar refractivity (Wildman–Crippen MR) is 104 cm³/mol. The maximum Gasteiger partial charge on any atom is 0.416 e. The summed E-state index contributed by atoms with van der Waals surface area (Å²) in [6.45, 7) is 1.42. The molecule has 0 atom stereocenters. The maximum absolute atomic E-state index is 12.9. The molecule has 152 valence electrons. The summed E-state index contributed by atoms with van der Waals surface area (Å²) in [7, 11) is 0. The molecule has 3 aromatic rings. The quantitative estimate of drug-likeness (QED) is 0.657. The number of hydrogen-bond acceptors (Lipinski definition) is 5. The van der Waals surface area contributed by atoms with Crippen molar-refractivity contribution in [1.29, 1.82) is 5.26 Å². The molecule has 6 nitrogen and oxygen atoms in total. The van der Waals surface area contributed by atoms with Gasteiger partial charge in [-0.05, 0) is 42.3 Å². The van der Waals surface area contributed by atoms with E-state index in [4.69, 9.17) is 0 Å². The topological polar surface area (TPSA) is 91.3 Å². The Labute approximate surface area is 169 Å². The van der Waals surface area contributed by atoms with E-state index >= 15 is 0 Å². The molecule has 0 unspecified atom stereocenters. The third-order valence-electron chi connectivity index (χ3n) is 4.43. The Morgan fingerprint density at radius 1 is 1.30 bits per heavy atom. The smallest absolute Gasteiger partial charge is 0.416 e. The molecule has 9 heteroatoms. The summed E-state index contributed by atoms with van der Waals surface area (Å²) in [6.07, 6.45) is -0.321. The summed E-state index contributed by atoms with van der Waals surface area (Å²) in [5.74, 6) is -0.448. The van der Waals surface area contributed by atoms with E-state index in [0.29, 0.717) is 5.56 Å². The number of benzene rings is 1. The van der Waals surface area contributed by atoms with Crippen LogP contribution < -0.4 is 5.56 Å². The minimum Gasteiger partial charge on any atom is -0.494 e. The first-order valence-corrected chi connectivity index (χ1v) is 8.69. The van der Waals surface area contributed by atoms with Crippen LogP contribution in [-0.4, -0.2) is 20.9 Å². The van der Waals surface area contributed by atoms with Gasteiger partial charge in [-0.2, -0.15) is 18.4 Å². The zero-order valence-electron chi connectivity index (χ0n) is 15.7. The van der Waals surface area contributed by atoms with Gasteiger partial charge < -0.3 is 5.11 Å². The summed E-state index contributed by atoms with van der Waals surface area (Å²) in [5, 5.41) is 20.0. The highest BCUT2D eigenvalue weighted by Crippen LogP contribution is 2.31. The van der Waals surface area contributed by atoms with Crippen LogP contribution in [0.25, 0.3) is 0 Å². The van der Waals surface area contributed by atoms with Gasteiger partial charge in [0.05, 0.1) is 23.4 Å². The number of hydrogen-bond donors (Lipinski definition) is 1. The zero-order valence-corrected chi connectivity index (χ0v) is 15.7. The molecule has 0 amide bonds. The van der Waals surface area contributed by atoms with Crippen molar-refractivity contribution in [3.63, 3.8) is 0 Å². The molecule has 1 N–H and O–H groups in total. The van der Waals surface area contributed by atoms with Crippen LogP contribution in [-0.2, 0) is 12.7 Å². The van der Waals surface area contributed by atoms with Crippen LogP contribution in [0.2, 0.25) is 0 Å². The molecule has 2 aromatic heterocycles. The Morgan fingerprint density at radius 3 is 2.70 bits per heavy atom. The summed E-state index contributed by atoms with van der Waals surface area (Å²) < 4.78 is 39.7. The van der Waals surface area contributed by atoms with Crippen molar-refractivity contribution in [2.45, 2.75) is 19.6 Å². The van der Waals surface area contributed by atoms with E-state index in [1.165, 1.54) is 25.3 Å². The Kier molecular flexibility index (Phi) is 5.69. The lowest BCUT2D eigenvalue weighted by atomic mass is 10.1. The SMILES string of the molecule is Cc1c(C=Nc2cccc(C(F)(F)F)c2)c(O)n(Cc2cccnc2)c(=O)c1C#N. The van der Waals surface area contributed by atoms with Crippen LogP contribution in [0.1, 0.15) is 27.8 Å². The Bertz CT molecular complexity index is 1210.